The molecule has 234 valence electrons. The molecule has 3 aromatic carbocycles. The van der Waals surface area contributed by atoms with E-state index in [1.807, 2.05) is 93.6 Å². The number of nitrogens with zero attached hydrogens (tertiary/aromatic N) is 2. The molecular formula is C37H40N2O6. The zero-order valence-corrected chi connectivity index (χ0v) is 26.2. The van der Waals surface area contributed by atoms with Gasteiger partial charge in [0.2, 0.25) is 11.8 Å². The second kappa shape index (κ2) is 14.9. The zero-order chi connectivity index (χ0) is 31.8. The molecule has 1 aliphatic heterocycles. The average Bonchev–Trinajstić information content (AvgIpc) is 3.60. The average molecular weight is 609 g/mol. The van der Waals surface area contributed by atoms with Crippen molar-refractivity contribution in [2.24, 2.45) is 0 Å². The van der Waals surface area contributed by atoms with Gasteiger partial charge in [-0.2, -0.15) is 0 Å². The number of hydrogen-bond donors (Lipinski definition) is 0. The summed E-state index contributed by atoms with van der Waals surface area (Å²) >= 11 is 0. The van der Waals surface area contributed by atoms with Gasteiger partial charge >= 0.3 is 6.09 Å². The Morgan fingerprint density at radius 3 is 2.42 bits per heavy atom. The molecule has 2 amide bonds. The molecule has 2 atom stereocenters. The van der Waals surface area contributed by atoms with Crippen LogP contribution in [0, 0.1) is 20.8 Å². The van der Waals surface area contributed by atoms with Gasteiger partial charge in [-0.05, 0) is 80.1 Å². The summed E-state index contributed by atoms with van der Waals surface area (Å²) in [5.41, 5.74) is 5.54. The van der Waals surface area contributed by atoms with Crippen LogP contribution >= 0.6 is 0 Å². The van der Waals surface area contributed by atoms with Crippen molar-refractivity contribution in [1.29, 1.82) is 0 Å². The Hall–Kier alpha value is -4.69. The van der Waals surface area contributed by atoms with Crippen LogP contribution in [-0.2, 0) is 27.1 Å². The maximum Gasteiger partial charge on any atom is 0.416 e. The van der Waals surface area contributed by atoms with Gasteiger partial charge in [-0.15, -0.1) is 6.58 Å². The Balaban J connectivity index is 1.27. The summed E-state index contributed by atoms with van der Waals surface area (Å²) < 4.78 is 23.6. The van der Waals surface area contributed by atoms with Gasteiger partial charge < -0.3 is 18.6 Å². The van der Waals surface area contributed by atoms with E-state index in [1.54, 1.807) is 6.08 Å². The molecule has 8 heteroatoms. The standard InChI is InChI=1S/C37H40N2O6/c1-5-6-18-42-33(23-34(40)39-31(24-44-37(39)41)22-28-13-9-7-10-14-28)30-20-25(2)35(26(3)21-30)43-19-17-32-27(4)45-36(38-32)29-15-11-8-12-16-29/h5,7-16,20-21,31,33H,1,6,17-19,22-24H2,2-4H3. The van der Waals surface area contributed by atoms with Crippen LogP contribution in [0.4, 0.5) is 4.79 Å². The second-order valence-electron chi connectivity index (χ2n) is 11.3. The van der Waals surface area contributed by atoms with Crippen LogP contribution in [0.5, 0.6) is 5.75 Å². The van der Waals surface area contributed by atoms with Gasteiger partial charge in [0.05, 0.1) is 37.5 Å². The van der Waals surface area contributed by atoms with E-state index in [9.17, 15) is 9.59 Å². The fourth-order valence-corrected chi connectivity index (χ4v) is 5.64. The summed E-state index contributed by atoms with van der Waals surface area (Å²) in [5, 5.41) is 0. The number of cyclic esters (lactones) is 1. The first-order valence-electron chi connectivity index (χ1n) is 15.3. The minimum Gasteiger partial charge on any atom is -0.493 e. The molecule has 4 aromatic rings. The summed E-state index contributed by atoms with van der Waals surface area (Å²) in [4.78, 5) is 32.2. The number of oxazole rings is 1. The molecule has 5 rings (SSSR count). The molecule has 1 aliphatic rings. The summed E-state index contributed by atoms with van der Waals surface area (Å²) in [7, 11) is 0. The molecular weight excluding hydrogens is 568 g/mol. The van der Waals surface area contributed by atoms with Crippen molar-refractivity contribution in [2.75, 3.05) is 19.8 Å². The zero-order valence-electron chi connectivity index (χ0n) is 26.2. The number of benzene rings is 3. The maximum absolute atomic E-state index is 13.6. The van der Waals surface area contributed by atoms with Crippen LogP contribution < -0.4 is 4.74 Å². The predicted molar refractivity (Wildman–Crippen MR) is 172 cm³/mol. The number of amides is 2. The van der Waals surface area contributed by atoms with Crippen molar-refractivity contribution in [3.05, 3.63) is 119 Å². The molecule has 0 spiro atoms. The molecule has 2 heterocycles. The van der Waals surface area contributed by atoms with Crippen LogP contribution in [0.2, 0.25) is 0 Å². The predicted octanol–water partition coefficient (Wildman–Crippen LogP) is 7.50. The Bertz CT molecular complexity index is 1590. The van der Waals surface area contributed by atoms with Gasteiger partial charge in [0, 0.05) is 12.0 Å². The highest BCUT2D eigenvalue weighted by Gasteiger charge is 2.39. The lowest BCUT2D eigenvalue weighted by molar-refractivity contribution is -0.132. The number of aromatic nitrogens is 1. The molecule has 1 aromatic heterocycles. The molecule has 0 bridgehead atoms. The molecule has 0 aliphatic carbocycles. The Kier molecular flexibility index (Phi) is 10.5. The Morgan fingerprint density at radius 1 is 1.04 bits per heavy atom. The molecule has 2 unspecified atom stereocenters. The lowest BCUT2D eigenvalue weighted by Crippen LogP contribution is -2.41. The van der Waals surface area contributed by atoms with Crippen LogP contribution in [0.1, 0.15) is 52.7 Å². The van der Waals surface area contributed by atoms with Crippen LogP contribution in [0.15, 0.2) is 89.9 Å². The van der Waals surface area contributed by atoms with Crippen molar-refractivity contribution < 1.29 is 28.2 Å². The maximum atomic E-state index is 13.6. The SMILES string of the molecule is C=CCCOC(CC(=O)N1C(=O)OCC1Cc1ccccc1)c1cc(C)c(OCCc2nc(-c3ccccc3)oc2C)c(C)c1. The lowest BCUT2D eigenvalue weighted by Gasteiger charge is -2.24. The minimum atomic E-state index is -0.611. The second-order valence-corrected chi connectivity index (χ2v) is 11.3. The fraction of sp³-hybridized carbons (Fsp3) is 0.324. The number of carbonyl (C=O) groups excluding carboxylic acids is 2. The van der Waals surface area contributed by atoms with E-state index in [1.165, 1.54) is 4.90 Å². The largest absolute Gasteiger partial charge is 0.493 e. The minimum absolute atomic E-state index is 0.00575. The first-order valence-corrected chi connectivity index (χ1v) is 15.3. The molecule has 0 N–H and O–H groups in total. The van der Waals surface area contributed by atoms with Crippen molar-refractivity contribution in [1.82, 2.24) is 9.88 Å². The van der Waals surface area contributed by atoms with Crippen molar-refractivity contribution in [3.63, 3.8) is 0 Å². The number of aryl methyl sites for hydroxylation is 3. The summed E-state index contributed by atoms with van der Waals surface area (Å²) in [6.07, 6.45) is 2.39. The molecule has 0 saturated carbocycles. The van der Waals surface area contributed by atoms with Gasteiger partial charge in [-0.1, -0.05) is 54.6 Å². The molecule has 1 fully saturated rings. The van der Waals surface area contributed by atoms with Crippen LogP contribution in [0.3, 0.4) is 0 Å². The van der Waals surface area contributed by atoms with Crippen LogP contribution in [-0.4, -0.2) is 47.7 Å². The highest BCUT2D eigenvalue weighted by Crippen LogP contribution is 2.32. The Labute approximate surface area is 264 Å². The summed E-state index contributed by atoms with van der Waals surface area (Å²) in [5.74, 6) is 1.84. The van der Waals surface area contributed by atoms with E-state index >= 15 is 0 Å². The van der Waals surface area contributed by atoms with Gasteiger partial charge in [0.25, 0.3) is 0 Å². The highest BCUT2D eigenvalue weighted by atomic mass is 16.6. The normalized spacial score (nSPS) is 15.1. The third-order valence-corrected chi connectivity index (χ3v) is 7.90. The first kappa shape index (κ1) is 31.7. The molecule has 45 heavy (non-hydrogen) atoms. The third kappa shape index (κ3) is 7.88. The summed E-state index contributed by atoms with van der Waals surface area (Å²) in [6.45, 7) is 10.7. The quantitative estimate of drug-likeness (QED) is 0.108. The Morgan fingerprint density at radius 2 is 1.73 bits per heavy atom. The van der Waals surface area contributed by atoms with Gasteiger partial charge in [-0.3, -0.25) is 4.79 Å². The lowest BCUT2D eigenvalue weighted by atomic mass is 9.99. The van der Waals surface area contributed by atoms with E-state index in [-0.39, 0.29) is 25.0 Å². The number of ether oxygens (including phenoxy) is 3. The number of carbonyl (C=O) groups is 2. The number of rotatable bonds is 14. The van der Waals surface area contributed by atoms with Gasteiger partial charge in [0.15, 0.2) is 0 Å². The molecule has 1 saturated heterocycles. The van der Waals surface area contributed by atoms with E-state index in [4.69, 9.17) is 18.6 Å². The first-order chi connectivity index (χ1) is 21.8. The van der Waals surface area contributed by atoms with Gasteiger partial charge in [-0.25, -0.2) is 14.7 Å². The fourth-order valence-electron chi connectivity index (χ4n) is 5.64. The van der Waals surface area contributed by atoms with E-state index < -0.39 is 12.2 Å². The highest BCUT2D eigenvalue weighted by molar-refractivity contribution is 5.93. The van der Waals surface area contributed by atoms with E-state index in [2.05, 4.69) is 11.6 Å². The van der Waals surface area contributed by atoms with E-state index in [0.29, 0.717) is 38.4 Å². The van der Waals surface area contributed by atoms with Gasteiger partial charge in [0.1, 0.15) is 18.1 Å². The number of imide groups is 1. The number of hydrogen-bond acceptors (Lipinski definition) is 7. The van der Waals surface area contributed by atoms with E-state index in [0.717, 1.165) is 45.0 Å². The molecule has 0 radical (unpaired) electrons. The molecule has 8 nitrogen and oxygen atoms in total. The monoisotopic (exact) mass is 608 g/mol. The van der Waals surface area contributed by atoms with Crippen molar-refractivity contribution in [3.8, 4) is 17.2 Å². The van der Waals surface area contributed by atoms with Crippen molar-refractivity contribution >= 4 is 12.0 Å². The topological polar surface area (TPSA) is 91.1 Å². The smallest absolute Gasteiger partial charge is 0.416 e. The summed E-state index contributed by atoms with van der Waals surface area (Å²) in [6, 6.07) is 23.2. The van der Waals surface area contributed by atoms with Crippen LogP contribution in [0.25, 0.3) is 11.5 Å². The van der Waals surface area contributed by atoms with Crippen molar-refractivity contribution in [2.45, 2.75) is 58.6 Å². The third-order valence-electron chi connectivity index (χ3n) is 7.90.